The van der Waals surface area contributed by atoms with Crippen molar-refractivity contribution in [3.05, 3.63) is 69.9 Å². The first kappa shape index (κ1) is 25.5. The lowest BCUT2D eigenvalue weighted by Gasteiger charge is -2.42. The molecule has 0 N–H and O–H groups in total. The van der Waals surface area contributed by atoms with Gasteiger partial charge in [0.25, 0.3) is 5.91 Å². The fourth-order valence-electron chi connectivity index (χ4n) is 5.44. The van der Waals surface area contributed by atoms with E-state index in [2.05, 4.69) is 45.5 Å². The van der Waals surface area contributed by atoms with Crippen LogP contribution in [0.15, 0.2) is 64.3 Å². The van der Waals surface area contributed by atoms with Gasteiger partial charge in [-0.25, -0.2) is 0 Å². The van der Waals surface area contributed by atoms with Gasteiger partial charge >= 0.3 is 0 Å². The quantitative estimate of drug-likeness (QED) is 0.422. The number of carbonyl (C=O) groups is 1. The minimum absolute atomic E-state index is 0.0516. The summed E-state index contributed by atoms with van der Waals surface area (Å²) in [4.78, 5) is 18.3. The van der Waals surface area contributed by atoms with Crippen LogP contribution in [0.25, 0.3) is 16.8 Å². The second-order valence-electron chi connectivity index (χ2n) is 10.4. The van der Waals surface area contributed by atoms with Gasteiger partial charge in [-0.2, -0.15) is 16.4 Å². The third-order valence-electron chi connectivity index (χ3n) is 7.50. The molecule has 1 saturated heterocycles. The van der Waals surface area contributed by atoms with E-state index in [4.69, 9.17) is 14.2 Å². The Bertz CT molecular complexity index is 1510. The molecular formula is C30H32N4O4S. The number of hydrogen-bond acceptors (Lipinski definition) is 7. The number of benzene rings is 1. The van der Waals surface area contributed by atoms with Crippen LogP contribution in [0, 0.1) is 0 Å². The zero-order valence-corrected chi connectivity index (χ0v) is 23.5. The predicted molar refractivity (Wildman–Crippen MR) is 152 cm³/mol. The Kier molecular flexibility index (Phi) is 6.59. The number of fused-ring (bicyclic) bond motifs is 2. The zero-order chi connectivity index (χ0) is 27.1. The van der Waals surface area contributed by atoms with E-state index < -0.39 is 5.54 Å². The highest BCUT2D eigenvalue weighted by molar-refractivity contribution is 7.08. The molecule has 2 aromatic heterocycles. The summed E-state index contributed by atoms with van der Waals surface area (Å²) >= 11 is 1.64. The molecule has 9 heteroatoms. The Labute approximate surface area is 232 Å². The van der Waals surface area contributed by atoms with Gasteiger partial charge in [0.15, 0.2) is 0 Å². The topological polar surface area (TPSA) is 69.1 Å². The molecule has 3 aromatic rings. The van der Waals surface area contributed by atoms with E-state index in [1.54, 1.807) is 18.4 Å². The summed E-state index contributed by atoms with van der Waals surface area (Å²) in [5, 5.41) is 8.67. The number of carbonyl (C=O) groups excluding carboxylic acids is 1. The van der Waals surface area contributed by atoms with Crippen molar-refractivity contribution < 1.29 is 19.0 Å². The Morgan fingerprint density at radius 3 is 2.87 bits per heavy atom. The highest BCUT2D eigenvalue weighted by Crippen LogP contribution is 2.46. The number of aryl methyl sites for hydroxylation is 1. The van der Waals surface area contributed by atoms with Gasteiger partial charge in [0.2, 0.25) is 0 Å². The monoisotopic (exact) mass is 544 g/mol. The highest BCUT2D eigenvalue weighted by Gasteiger charge is 2.39. The molecule has 39 heavy (non-hydrogen) atoms. The van der Waals surface area contributed by atoms with Crippen LogP contribution in [-0.2, 0) is 16.1 Å². The van der Waals surface area contributed by atoms with Gasteiger partial charge in [-0.15, -0.1) is 5.73 Å². The normalized spacial score (nSPS) is 18.2. The molecule has 0 unspecified atom stereocenters. The molecular weight excluding hydrogens is 512 g/mol. The molecule has 6 rings (SSSR count). The van der Waals surface area contributed by atoms with Gasteiger partial charge in [-0.05, 0) is 44.4 Å². The van der Waals surface area contributed by atoms with E-state index >= 15 is 0 Å². The maximum absolute atomic E-state index is 14.1. The summed E-state index contributed by atoms with van der Waals surface area (Å²) < 4.78 is 19.7. The maximum Gasteiger partial charge on any atom is 0.262 e. The van der Waals surface area contributed by atoms with Crippen molar-refractivity contribution in [1.29, 1.82) is 0 Å². The summed E-state index contributed by atoms with van der Waals surface area (Å²) in [6.45, 7) is 9.30. The number of rotatable bonds is 5. The van der Waals surface area contributed by atoms with Crippen LogP contribution in [-0.4, -0.2) is 66.1 Å². The number of hydrogen-bond donors (Lipinski definition) is 0. The first-order chi connectivity index (χ1) is 18.9. The molecule has 0 spiro atoms. The van der Waals surface area contributed by atoms with E-state index in [1.165, 1.54) is 0 Å². The number of ether oxygens (including phenoxy) is 3. The van der Waals surface area contributed by atoms with Gasteiger partial charge in [0.05, 0.1) is 49.0 Å². The van der Waals surface area contributed by atoms with Crippen LogP contribution < -0.4 is 14.4 Å². The molecule has 0 bridgehead atoms. The summed E-state index contributed by atoms with van der Waals surface area (Å²) in [7, 11) is 1.67. The van der Waals surface area contributed by atoms with E-state index in [0.717, 1.165) is 45.9 Å². The largest absolute Gasteiger partial charge is 0.496 e. The SMILES string of the molecule is CCn1cc(-c2cc3c(cc2OC)OCC2=C3N(c3ccsc3)CC=C=C2C(=O)N2CCOCC2(C)C)cn1. The lowest BCUT2D eigenvalue weighted by Crippen LogP contribution is -2.56. The second-order valence-corrected chi connectivity index (χ2v) is 11.2. The third kappa shape index (κ3) is 4.46. The molecule has 1 amide bonds. The zero-order valence-electron chi connectivity index (χ0n) is 22.7. The minimum Gasteiger partial charge on any atom is -0.496 e. The minimum atomic E-state index is -0.419. The lowest BCUT2D eigenvalue weighted by molar-refractivity contribution is -0.141. The van der Waals surface area contributed by atoms with E-state index in [-0.39, 0.29) is 12.5 Å². The number of anilines is 1. The fraction of sp³-hybridized carbons (Fsp3) is 0.367. The summed E-state index contributed by atoms with van der Waals surface area (Å²) in [5.74, 6) is 1.38. The molecule has 0 aliphatic carbocycles. The number of aromatic nitrogens is 2. The molecule has 3 aliphatic heterocycles. The van der Waals surface area contributed by atoms with Crippen LogP contribution >= 0.6 is 11.3 Å². The number of nitrogens with zero attached hydrogens (tertiary/aromatic N) is 4. The van der Waals surface area contributed by atoms with Gasteiger partial charge in [0.1, 0.15) is 18.1 Å². The Hall–Kier alpha value is -3.78. The van der Waals surface area contributed by atoms with Gasteiger partial charge in [-0.3, -0.25) is 9.48 Å². The fourth-order valence-corrected chi connectivity index (χ4v) is 6.08. The van der Waals surface area contributed by atoms with Gasteiger partial charge in [0, 0.05) is 59.5 Å². The predicted octanol–water partition coefficient (Wildman–Crippen LogP) is 4.98. The molecule has 1 aromatic carbocycles. The molecule has 0 atom stereocenters. The van der Waals surface area contributed by atoms with E-state index in [9.17, 15) is 4.79 Å². The van der Waals surface area contributed by atoms with Crippen molar-refractivity contribution in [1.82, 2.24) is 14.7 Å². The van der Waals surface area contributed by atoms with Gasteiger partial charge < -0.3 is 24.0 Å². The van der Waals surface area contributed by atoms with Crippen LogP contribution in [0.3, 0.4) is 0 Å². The number of thiophene rings is 1. The number of amides is 1. The van der Waals surface area contributed by atoms with E-state index in [1.807, 2.05) is 48.0 Å². The molecule has 5 heterocycles. The second kappa shape index (κ2) is 10.1. The lowest BCUT2D eigenvalue weighted by atomic mass is 9.92. The molecule has 202 valence electrons. The van der Waals surface area contributed by atoms with E-state index in [0.29, 0.717) is 37.6 Å². The number of methoxy groups -OCH3 is 1. The molecule has 0 saturated carbocycles. The first-order valence-electron chi connectivity index (χ1n) is 13.2. The molecule has 1 fully saturated rings. The molecule has 8 nitrogen and oxygen atoms in total. The van der Waals surface area contributed by atoms with Crippen molar-refractivity contribution in [2.45, 2.75) is 32.9 Å². The van der Waals surface area contributed by atoms with Crippen LogP contribution in [0.5, 0.6) is 11.5 Å². The average molecular weight is 545 g/mol. The highest BCUT2D eigenvalue weighted by atomic mass is 32.1. The van der Waals surface area contributed by atoms with Crippen LogP contribution in [0.4, 0.5) is 5.69 Å². The maximum atomic E-state index is 14.1. The van der Waals surface area contributed by atoms with Crippen molar-refractivity contribution in [2.24, 2.45) is 0 Å². The first-order valence-corrected chi connectivity index (χ1v) is 14.1. The smallest absolute Gasteiger partial charge is 0.262 e. The van der Waals surface area contributed by atoms with Crippen LogP contribution in [0.1, 0.15) is 26.3 Å². The summed E-state index contributed by atoms with van der Waals surface area (Å²) in [5.41, 5.74) is 9.12. The average Bonchev–Trinajstić information content (AvgIpc) is 3.61. The number of morpholine rings is 1. The van der Waals surface area contributed by atoms with Crippen LogP contribution in [0.2, 0.25) is 0 Å². The Morgan fingerprint density at radius 1 is 1.28 bits per heavy atom. The van der Waals surface area contributed by atoms with Crippen molar-refractivity contribution >= 4 is 28.6 Å². The third-order valence-corrected chi connectivity index (χ3v) is 8.17. The van der Waals surface area contributed by atoms with Gasteiger partial charge in [-0.1, -0.05) is 0 Å². The Balaban J connectivity index is 1.54. The standard InChI is InChI=1S/C30H32N4O4S/c1-5-32-16-20(15-31-32)23-13-24-27(14-26(23)36-4)38-17-25-22(29(35)34-10-11-37-19-30(34,2)3)7-6-9-33(28(24)25)21-8-12-39-18-21/h6,8,12-16,18H,5,9-11,17,19H2,1-4H3. The Morgan fingerprint density at radius 2 is 2.15 bits per heavy atom. The van der Waals surface area contributed by atoms with Crippen molar-refractivity contribution in [3.63, 3.8) is 0 Å². The molecule has 0 radical (unpaired) electrons. The molecule has 3 aliphatic rings. The summed E-state index contributed by atoms with van der Waals surface area (Å²) in [6.07, 6.45) is 5.82. The summed E-state index contributed by atoms with van der Waals surface area (Å²) in [6, 6.07) is 6.15. The van der Waals surface area contributed by atoms with Crippen molar-refractivity contribution in [2.75, 3.05) is 44.9 Å². The van der Waals surface area contributed by atoms with Crippen molar-refractivity contribution in [3.8, 4) is 22.6 Å².